The monoisotopic (exact) mass is 322 g/mol. The molecule has 2 aromatic carbocycles. The van der Waals surface area contributed by atoms with Crippen LogP contribution in [0.3, 0.4) is 0 Å². The molecular formula is C20H18O4. The SMILES string of the molecule is CC(=O)OC(=C/c1ccccc1)/C(=C\c1ccccc1)OC(C)=O. The lowest BCUT2D eigenvalue weighted by molar-refractivity contribution is -0.141. The molecule has 0 unspecified atom stereocenters. The molecule has 0 aromatic heterocycles. The van der Waals surface area contributed by atoms with Crippen molar-refractivity contribution in [3.8, 4) is 0 Å². The predicted octanol–water partition coefficient (Wildman–Crippen LogP) is 4.19. The van der Waals surface area contributed by atoms with Crippen molar-refractivity contribution < 1.29 is 19.1 Å². The Balaban J connectivity index is 2.48. The van der Waals surface area contributed by atoms with E-state index in [0.29, 0.717) is 0 Å². The number of ether oxygens (including phenoxy) is 2. The highest BCUT2D eigenvalue weighted by atomic mass is 16.6. The standard InChI is InChI=1S/C20H18O4/c1-15(21)23-19(13-17-9-5-3-6-10-17)20(24-16(2)22)14-18-11-7-4-8-12-18/h3-14H,1-2H3/b19-13+,20-14+. The van der Waals surface area contributed by atoms with Gasteiger partial charge in [0.1, 0.15) is 0 Å². The molecule has 0 aliphatic carbocycles. The van der Waals surface area contributed by atoms with Crippen LogP contribution in [0.2, 0.25) is 0 Å². The normalized spacial score (nSPS) is 11.8. The first-order valence-corrected chi connectivity index (χ1v) is 7.45. The van der Waals surface area contributed by atoms with Crippen molar-refractivity contribution in [1.82, 2.24) is 0 Å². The molecule has 0 amide bonds. The van der Waals surface area contributed by atoms with Gasteiger partial charge in [0.2, 0.25) is 0 Å². The molecule has 24 heavy (non-hydrogen) atoms. The van der Waals surface area contributed by atoms with Gasteiger partial charge in [0.05, 0.1) is 0 Å². The molecular weight excluding hydrogens is 304 g/mol. The van der Waals surface area contributed by atoms with Crippen LogP contribution in [-0.2, 0) is 19.1 Å². The summed E-state index contributed by atoms with van der Waals surface area (Å²) in [7, 11) is 0. The van der Waals surface area contributed by atoms with Gasteiger partial charge in [0, 0.05) is 13.8 Å². The van der Waals surface area contributed by atoms with E-state index in [-0.39, 0.29) is 11.5 Å². The van der Waals surface area contributed by atoms with Gasteiger partial charge in [-0.25, -0.2) is 0 Å². The fourth-order valence-corrected chi connectivity index (χ4v) is 2.01. The lowest BCUT2D eigenvalue weighted by Gasteiger charge is -2.11. The quantitative estimate of drug-likeness (QED) is 0.470. The summed E-state index contributed by atoms with van der Waals surface area (Å²) in [6.45, 7) is 2.60. The zero-order valence-corrected chi connectivity index (χ0v) is 13.6. The minimum absolute atomic E-state index is 0.174. The lowest BCUT2D eigenvalue weighted by Crippen LogP contribution is -2.07. The molecule has 122 valence electrons. The van der Waals surface area contributed by atoms with E-state index < -0.39 is 11.9 Å². The van der Waals surface area contributed by atoms with Crippen molar-refractivity contribution >= 4 is 24.1 Å². The van der Waals surface area contributed by atoms with Crippen LogP contribution in [0.25, 0.3) is 12.2 Å². The van der Waals surface area contributed by atoms with Crippen LogP contribution >= 0.6 is 0 Å². The summed E-state index contributed by atoms with van der Waals surface area (Å²) in [4.78, 5) is 22.9. The first-order valence-electron chi connectivity index (χ1n) is 7.45. The highest BCUT2D eigenvalue weighted by molar-refractivity contribution is 5.75. The van der Waals surface area contributed by atoms with Crippen molar-refractivity contribution in [3.05, 3.63) is 83.3 Å². The van der Waals surface area contributed by atoms with Crippen LogP contribution in [0, 0.1) is 0 Å². The Morgan fingerprint density at radius 3 is 1.29 bits per heavy atom. The number of esters is 2. The van der Waals surface area contributed by atoms with Crippen molar-refractivity contribution in [2.45, 2.75) is 13.8 Å². The van der Waals surface area contributed by atoms with E-state index in [0.717, 1.165) is 11.1 Å². The summed E-state index contributed by atoms with van der Waals surface area (Å²) in [6, 6.07) is 18.7. The van der Waals surface area contributed by atoms with Gasteiger partial charge in [-0.2, -0.15) is 0 Å². The highest BCUT2D eigenvalue weighted by Crippen LogP contribution is 2.21. The summed E-state index contributed by atoms with van der Waals surface area (Å²) in [6.07, 6.45) is 3.30. The molecule has 2 rings (SSSR count). The van der Waals surface area contributed by atoms with E-state index in [1.54, 1.807) is 12.2 Å². The van der Waals surface area contributed by atoms with E-state index >= 15 is 0 Å². The molecule has 0 spiro atoms. The smallest absolute Gasteiger partial charge is 0.308 e. The van der Waals surface area contributed by atoms with Gasteiger partial charge in [-0.15, -0.1) is 0 Å². The van der Waals surface area contributed by atoms with E-state index in [2.05, 4.69) is 0 Å². The number of rotatable bonds is 5. The molecule has 0 saturated heterocycles. The molecule has 0 radical (unpaired) electrons. The van der Waals surface area contributed by atoms with E-state index in [9.17, 15) is 9.59 Å². The fourth-order valence-electron chi connectivity index (χ4n) is 2.01. The van der Waals surface area contributed by atoms with Crippen molar-refractivity contribution in [2.24, 2.45) is 0 Å². The minimum atomic E-state index is -0.497. The third kappa shape index (κ3) is 5.57. The number of hydrogen-bond donors (Lipinski definition) is 0. The summed E-state index contributed by atoms with van der Waals surface area (Å²) in [5, 5.41) is 0. The lowest BCUT2D eigenvalue weighted by atomic mass is 10.1. The maximum Gasteiger partial charge on any atom is 0.308 e. The third-order valence-electron chi connectivity index (χ3n) is 2.94. The van der Waals surface area contributed by atoms with Crippen LogP contribution in [0.5, 0.6) is 0 Å². The molecule has 2 aromatic rings. The molecule has 0 heterocycles. The third-order valence-corrected chi connectivity index (χ3v) is 2.94. The second-order valence-electron chi connectivity index (χ2n) is 5.03. The molecule has 0 N–H and O–H groups in total. The van der Waals surface area contributed by atoms with Gasteiger partial charge in [0.25, 0.3) is 0 Å². The fraction of sp³-hybridized carbons (Fsp3) is 0.100. The first kappa shape index (κ1) is 17.2. The Kier molecular flexibility index (Phi) is 6.08. The van der Waals surface area contributed by atoms with Crippen molar-refractivity contribution in [3.63, 3.8) is 0 Å². The number of hydrogen-bond acceptors (Lipinski definition) is 4. The Bertz CT molecular complexity index is 691. The summed E-state index contributed by atoms with van der Waals surface area (Å²) >= 11 is 0. The van der Waals surface area contributed by atoms with Crippen LogP contribution in [-0.4, -0.2) is 11.9 Å². The molecule has 4 nitrogen and oxygen atoms in total. The predicted molar refractivity (Wildman–Crippen MR) is 92.4 cm³/mol. The van der Waals surface area contributed by atoms with Gasteiger partial charge >= 0.3 is 11.9 Å². The molecule has 0 bridgehead atoms. The minimum Gasteiger partial charge on any atom is -0.423 e. The number of benzene rings is 2. The van der Waals surface area contributed by atoms with Gasteiger partial charge in [-0.05, 0) is 23.3 Å². The Morgan fingerprint density at radius 1 is 0.667 bits per heavy atom. The van der Waals surface area contributed by atoms with Crippen molar-refractivity contribution in [1.29, 1.82) is 0 Å². The highest BCUT2D eigenvalue weighted by Gasteiger charge is 2.14. The Hall–Kier alpha value is -3.14. The van der Waals surface area contributed by atoms with Crippen LogP contribution in [0.1, 0.15) is 25.0 Å². The maximum atomic E-state index is 11.5. The van der Waals surface area contributed by atoms with Crippen LogP contribution < -0.4 is 0 Å². The summed E-state index contributed by atoms with van der Waals surface area (Å²) < 4.78 is 10.5. The van der Waals surface area contributed by atoms with Crippen LogP contribution in [0.4, 0.5) is 0 Å². The summed E-state index contributed by atoms with van der Waals surface area (Å²) in [5.41, 5.74) is 1.64. The zero-order valence-electron chi connectivity index (χ0n) is 13.6. The molecule has 0 atom stereocenters. The van der Waals surface area contributed by atoms with Gasteiger partial charge < -0.3 is 9.47 Å². The van der Waals surface area contributed by atoms with E-state index in [1.165, 1.54) is 13.8 Å². The molecule has 0 aliphatic heterocycles. The second-order valence-corrected chi connectivity index (χ2v) is 5.03. The number of carbonyl (C=O) groups is 2. The topological polar surface area (TPSA) is 52.6 Å². The van der Waals surface area contributed by atoms with E-state index in [1.807, 2.05) is 60.7 Å². The molecule has 0 aliphatic rings. The molecule has 0 saturated carbocycles. The number of carbonyl (C=O) groups excluding carboxylic acids is 2. The molecule has 0 fully saturated rings. The Morgan fingerprint density at radius 2 is 1.00 bits per heavy atom. The zero-order chi connectivity index (χ0) is 17.4. The van der Waals surface area contributed by atoms with Gasteiger partial charge in [-0.1, -0.05) is 60.7 Å². The summed E-state index contributed by atoms with van der Waals surface area (Å²) in [5.74, 6) is -0.646. The molecule has 4 heteroatoms. The Labute approximate surface area is 141 Å². The second kappa shape index (κ2) is 8.48. The average Bonchev–Trinajstić information content (AvgIpc) is 2.55. The van der Waals surface area contributed by atoms with E-state index in [4.69, 9.17) is 9.47 Å². The van der Waals surface area contributed by atoms with Gasteiger partial charge in [-0.3, -0.25) is 9.59 Å². The first-order chi connectivity index (χ1) is 11.5. The average molecular weight is 322 g/mol. The van der Waals surface area contributed by atoms with Gasteiger partial charge in [0.15, 0.2) is 11.5 Å². The largest absolute Gasteiger partial charge is 0.423 e. The van der Waals surface area contributed by atoms with Crippen LogP contribution in [0.15, 0.2) is 72.2 Å². The maximum absolute atomic E-state index is 11.5. The van der Waals surface area contributed by atoms with Crippen molar-refractivity contribution in [2.75, 3.05) is 0 Å².